The number of amidine groups is 1. The number of benzene rings is 2. The van der Waals surface area contributed by atoms with Crippen LogP contribution in [-0.4, -0.2) is 57.0 Å². The Morgan fingerprint density at radius 3 is 1.85 bits per heavy atom. The molecule has 1 aliphatic rings. The van der Waals surface area contributed by atoms with Gasteiger partial charge in [-0.1, -0.05) is 47.6 Å². The van der Waals surface area contributed by atoms with Gasteiger partial charge in [-0.25, -0.2) is 24.3 Å². The molecule has 5 N–H and O–H groups in total. The fourth-order valence-corrected chi connectivity index (χ4v) is 5.09. The standard InChI is InChI=1S/C30H34N4O3S.C4H4O4/c1-29(2,3)21-15-18(16-22(25(21)35)30(4,5)6)17-23-27(36)34(28(37)33(23)7)20-12-10-19(11-13-20)32-26(31)24-9-8-14-38-24;5-3(6)1-2-4(7)8/h8-17,35H,1-7H3,(H2,31,32);1-2H,(H,5,6)(H,7,8)/b;2-1+. The second-order valence-corrected chi connectivity index (χ2v) is 13.4. The number of aliphatic carboxylic acids is 2. The van der Waals surface area contributed by atoms with Gasteiger partial charge in [0.05, 0.1) is 16.3 Å². The molecule has 1 saturated heterocycles. The second-order valence-electron chi connectivity index (χ2n) is 12.5. The highest BCUT2D eigenvalue weighted by Gasteiger charge is 2.40. The second kappa shape index (κ2) is 13.8. The molecular formula is C34H38N4O7S. The lowest BCUT2D eigenvalue weighted by Gasteiger charge is -2.28. The number of carbonyl (C=O) groups excluding carboxylic acids is 2. The fraction of sp³-hybridized carbons (Fsp3) is 0.265. The average molecular weight is 647 g/mol. The normalized spacial score (nSPS) is 15.0. The van der Waals surface area contributed by atoms with Gasteiger partial charge in [0, 0.05) is 30.3 Å². The van der Waals surface area contributed by atoms with Gasteiger partial charge in [0.2, 0.25) is 0 Å². The molecule has 46 heavy (non-hydrogen) atoms. The highest BCUT2D eigenvalue weighted by Crippen LogP contribution is 2.40. The number of likely N-dealkylation sites (N-methyl/N-ethyl adjacent to an activating group) is 1. The summed E-state index contributed by atoms with van der Waals surface area (Å²) < 4.78 is 0. The molecule has 0 unspecified atom stereocenters. The zero-order valence-electron chi connectivity index (χ0n) is 26.7. The third-order valence-corrected chi connectivity index (χ3v) is 7.71. The van der Waals surface area contributed by atoms with Gasteiger partial charge in [0.25, 0.3) is 5.91 Å². The number of aromatic hydroxyl groups is 1. The highest BCUT2D eigenvalue weighted by molar-refractivity contribution is 7.12. The van der Waals surface area contributed by atoms with E-state index < -0.39 is 23.9 Å². The molecule has 0 bridgehead atoms. The van der Waals surface area contributed by atoms with Crippen LogP contribution in [0.15, 0.2) is 76.8 Å². The summed E-state index contributed by atoms with van der Waals surface area (Å²) in [4.78, 5) is 53.5. The summed E-state index contributed by atoms with van der Waals surface area (Å²) >= 11 is 1.50. The Kier molecular flexibility index (Phi) is 10.6. The van der Waals surface area contributed by atoms with Crippen molar-refractivity contribution in [1.82, 2.24) is 4.90 Å². The van der Waals surface area contributed by atoms with E-state index in [9.17, 15) is 24.3 Å². The first-order valence-corrected chi connectivity index (χ1v) is 15.0. The van der Waals surface area contributed by atoms with Crippen LogP contribution in [0.4, 0.5) is 16.2 Å². The monoisotopic (exact) mass is 646 g/mol. The van der Waals surface area contributed by atoms with E-state index in [0.29, 0.717) is 29.4 Å². The van der Waals surface area contributed by atoms with Gasteiger partial charge in [-0.05, 0) is 70.3 Å². The van der Waals surface area contributed by atoms with Crippen molar-refractivity contribution in [1.29, 1.82) is 0 Å². The number of nitrogens with zero attached hydrogens (tertiary/aromatic N) is 3. The molecule has 3 amide bonds. The van der Waals surface area contributed by atoms with E-state index in [1.165, 1.54) is 16.2 Å². The van der Waals surface area contributed by atoms with Crippen LogP contribution in [0.2, 0.25) is 0 Å². The van der Waals surface area contributed by atoms with E-state index >= 15 is 0 Å². The number of urea groups is 1. The molecule has 1 aliphatic heterocycles. The molecule has 0 spiro atoms. The summed E-state index contributed by atoms with van der Waals surface area (Å²) in [5.74, 6) is -2.27. The maximum Gasteiger partial charge on any atom is 0.336 e. The fourth-order valence-electron chi connectivity index (χ4n) is 4.46. The lowest BCUT2D eigenvalue weighted by molar-refractivity contribution is -0.134. The zero-order chi connectivity index (χ0) is 34.6. The molecule has 1 aromatic heterocycles. The maximum absolute atomic E-state index is 13.5. The summed E-state index contributed by atoms with van der Waals surface area (Å²) in [5.41, 5.74) is 9.08. The van der Waals surface area contributed by atoms with Crippen molar-refractivity contribution >= 4 is 58.5 Å². The summed E-state index contributed by atoms with van der Waals surface area (Å²) in [7, 11) is 1.59. The number of imide groups is 1. The van der Waals surface area contributed by atoms with E-state index in [4.69, 9.17) is 15.9 Å². The Bertz CT molecular complexity index is 1670. The molecule has 0 atom stereocenters. The molecule has 0 radical (unpaired) electrons. The first kappa shape index (κ1) is 35.3. The van der Waals surface area contributed by atoms with Crippen molar-refractivity contribution in [3.63, 3.8) is 0 Å². The lowest BCUT2D eigenvalue weighted by Crippen LogP contribution is -2.31. The number of phenolic OH excluding ortho intramolecular Hbond substituents is 1. The third-order valence-electron chi connectivity index (χ3n) is 6.81. The summed E-state index contributed by atoms with van der Waals surface area (Å²) in [6, 6.07) is 13.9. The molecule has 12 heteroatoms. The Hall–Kier alpha value is -5.23. The van der Waals surface area contributed by atoms with Gasteiger partial charge >= 0.3 is 18.0 Å². The Labute approximate surface area is 271 Å². The number of hydrogen-bond acceptors (Lipinski definition) is 7. The van der Waals surface area contributed by atoms with Crippen molar-refractivity contribution in [3.05, 3.63) is 93.3 Å². The van der Waals surface area contributed by atoms with Crippen LogP contribution in [0.5, 0.6) is 5.75 Å². The van der Waals surface area contributed by atoms with Crippen LogP contribution in [-0.2, 0) is 25.2 Å². The number of carbonyl (C=O) groups is 4. The molecule has 3 aromatic rings. The SMILES string of the molecule is CN1C(=O)N(c2ccc(N=C(N)c3cccs3)cc2)C(=O)C1=Cc1cc(C(C)(C)C)c(O)c(C(C)(C)C)c1.O=C(O)/C=C/C(=O)O. The van der Waals surface area contributed by atoms with Gasteiger partial charge in [-0.15, -0.1) is 11.3 Å². The maximum atomic E-state index is 13.5. The molecule has 2 heterocycles. The number of thiophene rings is 1. The average Bonchev–Trinajstić information content (AvgIpc) is 3.56. The van der Waals surface area contributed by atoms with E-state index in [2.05, 4.69) is 4.99 Å². The van der Waals surface area contributed by atoms with Crippen LogP contribution in [0, 0.1) is 0 Å². The number of nitrogens with two attached hydrogens (primary N) is 1. The van der Waals surface area contributed by atoms with Gasteiger partial charge in [0.15, 0.2) is 0 Å². The Balaban J connectivity index is 0.000000637. The highest BCUT2D eigenvalue weighted by atomic mass is 32.1. The number of amides is 3. The Morgan fingerprint density at radius 1 is 0.891 bits per heavy atom. The molecule has 1 fully saturated rings. The Morgan fingerprint density at radius 2 is 1.41 bits per heavy atom. The predicted molar refractivity (Wildman–Crippen MR) is 180 cm³/mol. The van der Waals surface area contributed by atoms with Crippen LogP contribution in [0.1, 0.15) is 63.1 Å². The predicted octanol–water partition coefficient (Wildman–Crippen LogP) is 6.24. The zero-order valence-corrected chi connectivity index (χ0v) is 27.5. The van der Waals surface area contributed by atoms with E-state index in [-0.39, 0.29) is 22.3 Å². The summed E-state index contributed by atoms with van der Waals surface area (Å²) in [5, 5.41) is 28.6. The molecule has 0 saturated carbocycles. The van der Waals surface area contributed by atoms with Crippen molar-refractivity contribution in [2.75, 3.05) is 11.9 Å². The number of rotatable bonds is 6. The number of carboxylic acid groups (broad SMARTS) is 2. The van der Waals surface area contributed by atoms with Crippen LogP contribution >= 0.6 is 11.3 Å². The molecule has 242 valence electrons. The minimum Gasteiger partial charge on any atom is -0.507 e. The van der Waals surface area contributed by atoms with E-state index in [0.717, 1.165) is 26.5 Å². The summed E-state index contributed by atoms with van der Waals surface area (Å²) in [6.45, 7) is 12.2. The number of phenols is 1. The van der Waals surface area contributed by atoms with E-state index in [1.807, 2.05) is 71.2 Å². The third kappa shape index (κ3) is 8.48. The van der Waals surface area contributed by atoms with Crippen LogP contribution in [0.25, 0.3) is 6.08 Å². The first-order chi connectivity index (χ1) is 21.3. The van der Waals surface area contributed by atoms with Crippen molar-refractivity contribution in [3.8, 4) is 5.75 Å². The topological polar surface area (TPSA) is 174 Å². The van der Waals surface area contributed by atoms with Gasteiger partial charge in [-0.2, -0.15) is 0 Å². The smallest absolute Gasteiger partial charge is 0.336 e. The van der Waals surface area contributed by atoms with Crippen LogP contribution < -0.4 is 10.6 Å². The molecule has 0 aliphatic carbocycles. The number of aliphatic imine (C=N–C) groups is 1. The quantitative estimate of drug-likeness (QED) is 0.105. The number of anilines is 1. The van der Waals surface area contributed by atoms with Gasteiger partial charge < -0.3 is 21.1 Å². The van der Waals surface area contributed by atoms with Crippen molar-refractivity contribution in [2.24, 2.45) is 10.7 Å². The minimum absolute atomic E-state index is 0.254. The van der Waals surface area contributed by atoms with Crippen molar-refractivity contribution in [2.45, 2.75) is 52.4 Å². The van der Waals surface area contributed by atoms with E-state index in [1.54, 1.807) is 37.4 Å². The number of hydrogen-bond donors (Lipinski definition) is 4. The largest absolute Gasteiger partial charge is 0.507 e. The molecular weight excluding hydrogens is 608 g/mol. The first-order valence-electron chi connectivity index (χ1n) is 14.1. The van der Waals surface area contributed by atoms with Crippen molar-refractivity contribution < 1.29 is 34.5 Å². The molecule has 4 rings (SSSR count). The minimum atomic E-state index is -1.26. The lowest BCUT2D eigenvalue weighted by atomic mass is 9.78. The van der Waals surface area contributed by atoms with Gasteiger partial charge in [0.1, 0.15) is 17.3 Å². The van der Waals surface area contributed by atoms with Gasteiger partial charge in [-0.3, -0.25) is 9.69 Å². The number of carboxylic acids is 2. The molecule has 2 aromatic carbocycles. The van der Waals surface area contributed by atoms with Crippen LogP contribution in [0.3, 0.4) is 0 Å². The molecule has 11 nitrogen and oxygen atoms in total. The summed E-state index contributed by atoms with van der Waals surface area (Å²) in [6.07, 6.45) is 2.83.